The number of nitrogens with zero attached hydrogens (tertiary/aromatic N) is 1. The van der Waals surface area contributed by atoms with E-state index in [0.29, 0.717) is 5.56 Å². The molecule has 0 aromatic heterocycles. The lowest BCUT2D eigenvalue weighted by atomic mass is 10.2. The molecule has 1 aromatic carbocycles. The molecule has 5 heteroatoms. The van der Waals surface area contributed by atoms with Crippen LogP contribution in [0.1, 0.15) is 5.56 Å². The Labute approximate surface area is 98.5 Å². The largest absolute Gasteiger partial charge is 0.368 e. The number of hydrogen-bond donors (Lipinski definition) is 1. The molecule has 0 unspecified atom stereocenters. The van der Waals surface area contributed by atoms with Crippen LogP contribution in [-0.4, -0.2) is 23.3 Å². The highest BCUT2D eigenvalue weighted by atomic mass is 19.1. The van der Waals surface area contributed by atoms with Gasteiger partial charge in [-0.15, -0.1) is 0 Å². The minimum atomic E-state index is -0.609. The summed E-state index contributed by atoms with van der Waals surface area (Å²) < 4.78 is 12.7. The molecule has 0 atom stereocenters. The van der Waals surface area contributed by atoms with Crippen molar-refractivity contribution in [3.63, 3.8) is 0 Å². The van der Waals surface area contributed by atoms with Gasteiger partial charge in [0.25, 0.3) is 0 Å². The Kier molecular flexibility index (Phi) is 4.39. The third-order valence-corrected chi connectivity index (χ3v) is 2.12. The van der Waals surface area contributed by atoms with Gasteiger partial charge in [0.1, 0.15) is 5.82 Å². The van der Waals surface area contributed by atoms with Gasteiger partial charge in [-0.2, -0.15) is 0 Å². The van der Waals surface area contributed by atoms with Gasteiger partial charge in [-0.3, -0.25) is 9.59 Å². The lowest BCUT2D eigenvalue weighted by Crippen LogP contribution is -2.36. The highest BCUT2D eigenvalue weighted by Gasteiger charge is 2.13. The summed E-state index contributed by atoms with van der Waals surface area (Å²) in [4.78, 5) is 23.5. The fourth-order valence-electron chi connectivity index (χ4n) is 1.34. The molecule has 0 radical (unpaired) electrons. The third kappa shape index (κ3) is 4.06. The first kappa shape index (κ1) is 12.9. The molecule has 4 nitrogen and oxygen atoms in total. The van der Waals surface area contributed by atoms with Gasteiger partial charge in [-0.05, 0) is 23.8 Å². The Morgan fingerprint density at radius 2 is 1.94 bits per heavy atom. The molecule has 0 saturated carbocycles. The summed E-state index contributed by atoms with van der Waals surface area (Å²) >= 11 is 0. The van der Waals surface area contributed by atoms with E-state index < -0.39 is 11.8 Å². The Bertz CT molecular complexity index is 429. The van der Waals surface area contributed by atoms with Crippen molar-refractivity contribution in [2.45, 2.75) is 6.54 Å². The molecule has 0 bridgehead atoms. The maximum atomic E-state index is 12.7. The molecule has 90 valence electrons. The highest BCUT2D eigenvalue weighted by Crippen LogP contribution is 2.07. The third-order valence-electron chi connectivity index (χ3n) is 2.12. The monoisotopic (exact) mass is 236 g/mol. The fourth-order valence-corrected chi connectivity index (χ4v) is 1.34. The maximum absolute atomic E-state index is 12.7. The minimum absolute atomic E-state index is 0.189. The maximum Gasteiger partial charge on any atom is 0.246 e. The topological polar surface area (TPSA) is 63.4 Å². The molecule has 0 heterocycles. The summed E-state index contributed by atoms with van der Waals surface area (Å²) in [5, 5.41) is 0. The van der Waals surface area contributed by atoms with E-state index in [4.69, 9.17) is 5.73 Å². The van der Waals surface area contributed by atoms with E-state index in [1.165, 1.54) is 17.0 Å². The molecule has 0 aliphatic heterocycles. The standard InChI is InChI=1S/C12H13FN2O2/c1-2-12(17)15(8-11(14)16)7-9-3-5-10(13)6-4-9/h2-6H,1,7-8H2,(H2,14,16). The molecular weight excluding hydrogens is 223 g/mol. The van der Waals surface area contributed by atoms with E-state index in [0.717, 1.165) is 6.08 Å². The Hall–Kier alpha value is -2.17. The van der Waals surface area contributed by atoms with Crippen LogP contribution < -0.4 is 5.73 Å². The number of amides is 2. The van der Waals surface area contributed by atoms with E-state index in [1.54, 1.807) is 12.1 Å². The van der Waals surface area contributed by atoms with Crippen LogP contribution in [-0.2, 0) is 16.1 Å². The smallest absolute Gasteiger partial charge is 0.246 e. The van der Waals surface area contributed by atoms with Gasteiger partial charge in [0.15, 0.2) is 0 Å². The second-order valence-corrected chi connectivity index (χ2v) is 3.49. The van der Waals surface area contributed by atoms with Gasteiger partial charge in [0.2, 0.25) is 11.8 Å². The number of carbonyl (C=O) groups excluding carboxylic acids is 2. The molecule has 0 aliphatic rings. The van der Waals surface area contributed by atoms with Crippen LogP contribution in [0.15, 0.2) is 36.9 Å². The predicted molar refractivity (Wildman–Crippen MR) is 61.2 cm³/mol. The summed E-state index contributed by atoms with van der Waals surface area (Å²) in [6.07, 6.45) is 1.10. The lowest BCUT2D eigenvalue weighted by molar-refractivity contribution is -0.131. The van der Waals surface area contributed by atoms with Gasteiger partial charge in [-0.25, -0.2) is 4.39 Å². The van der Waals surface area contributed by atoms with Gasteiger partial charge in [0.05, 0.1) is 6.54 Å². The number of nitrogens with two attached hydrogens (primary N) is 1. The van der Waals surface area contributed by atoms with Crippen LogP contribution in [0.2, 0.25) is 0 Å². The SMILES string of the molecule is C=CC(=O)N(CC(N)=O)Cc1ccc(F)cc1. The number of hydrogen-bond acceptors (Lipinski definition) is 2. The van der Waals surface area contributed by atoms with Crippen molar-refractivity contribution >= 4 is 11.8 Å². The predicted octanol–water partition coefficient (Wildman–Crippen LogP) is 0.826. The number of benzene rings is 1. The fraction of sp³-hybridized carbons (Fsp3) is 0.167. The molecule has 2 N–H and O–H groups in total. The molecule has 1 aromatic rings. The second kappa shape index (κ2) is 5.79. The summed E-state index contributed by atoms with van der Waals surface area (Å²) in [6.45, 7) is 3.34. The molecule has 0 aliphatic carbocycles. The van der Waals surface area contributed by atoms with Crippen molar-refractivity contribution in [3.8, 4) is 0 Å². The first-order valence-electron chi connectivity index (χ1n) is 4.97. The van der Waals surface area contributed by atoms with E-state index in [2.05, 4.69) is 6.58 Å². The van der Waals surface area contributed by atoms with E-state index >= 15 is 0 Å². The lowest BCUT2D eigenvalue weighted by Gasteiger charge is -2.19. The van der Waals surface area contributed by atoms with E-state index in [1.807, 2.05) is 0 Å². The van der Waals surface area contributed by atoms with Crippen molar-refractivity contribution in [3.05, 3.63) is 48.3 Å². The van der Waals surface area contributed by atoms with Crippen molar-refractivity contribution in [2.24, 2.45) is 5.73 Å². The number of rotatable bonds is 5. The number of primary amides is 1. The average Bonchev–Trinajstić information content (AvgIpc) is 2.29. The van der Waals surface area contributed by atoms with E-state index in [9.17, 15) is 14.0 Å². The second-order valence-electron chi connectivity index (χ2n) is 3.49. The van der Waals surface area contributed by atoms with Crippen LogP contribution >= 0.6 is 0 Å². The van der Waals surface area contributed by atoms with Crippen molar-refractivity contribution in [1.29, 1.82) is 0 Å². The van der Waals surface area contributed by atoms with Gasteiger partial charge < -0.3 is 10.6 Å². The summed E-state index contributed by atoms with van der Waals surface area (Å²) in [5.41, 5.74) is 5.75. The number of carbonyl (C=O) groups is 2. The highest BCUT2D eigenvalue weighted by molar-refractivity contribution is 5.90. The zero-order valence-electron chi connectivity index (χ0n) is 9.23. The van der Waals surface area contributed by atoms with Crippen molar-refractivity contribution in [2.75, 3.05) is 6.54 Å². The van der Waals surface area contributed by atoms with Crippen LogP contribution in [0.4, 0.5) is 4.39 Å². The van der Waals surface area contributed by atoms with Crippen molar-refractivity contribution < 1.29 is 14.0 Å². The quantitative estimate of drug-likeness (QED) is 0.769. The first-order chi connectivity index (χ1) is 8.02. The Morgan fingerprint density at radius 3 is 2.41 bits per heavy atom. The van der Waals surface area contributed by atoms with Gasteiger partial charge in [0, 0.05) is 6.54 Å². The summed E-state index contributed by atoms with van der Waals surface area (Å²) in [6, 6.07) is 5.66. The van der Waals surface area contributed by atoms with Crippen LogP contribution in [0, 0.1) is 5.82 Å². The van der Waals surface area contributed by atoms with Gasteiger partial charge >= 0.3 is 0 Å². The normalized spacial score (nSPS) is 9.71. The van der Waals surface area contributed by atoms with Crippen LogP contribution in [0.3, 0.4) is 0 Å². The zero-order chi connectivity index (χ0) is 12.8. The number of halogens is 1. The molecule has 1 rings (SSSR count). The Balaban J connectivity index is 2.78. The summed E-state index contributed by atoms with van der Waals surface area (Å²) in [5.74, 6) is -1.36. The molecule has 0 saturated heterocycles. The molecule has 0 spiro atoms. The first-order valence-corrected chi connectivity index (χ1v) is 4.97. The molecular formula is C12H13FN2O2. The minimum Gasteiger partial charge on any atom is -0.368 e. The van der Waals surface area contributed by atoms with Gasteiger partial charge in [-0.1, -0.05) is 18.7 Å². The molecule has 17 heavy (non-hydrogen) atoms. The average molecular weight is 236 g/mol. The summed E-state index contributed by atoms with van der Waals surface area (Å²) in [7, 11) is 0. The van der Waals surface area contributed by atoms with Crippen molar-refractivity contribution in [1.82, 2.24) is 4.90 Å². The van der Waals surface area contributed by atoms with Crippen LogP contribution in [0.5, 0.6) is 0 Å². The van der Waals surface area contributed by atoms with E-state index in [-0.39, 0.29) is 18.9 Å². The molecule has 0 fully saturated rings. The zero-order valence-corrected chi connectivity index (χ0v) is 9.23. The Morgan fingerprint density at radius 1 is 1.35 bits per heavy atom. The van der Waals surface area contributed by atoms with Crippen LogP contribution in [0.25, 0.3) is 0 Å². The molecule has 2 amide bonds.